The minimum absolute atomic E-state index is 0.200. The molecule has 30 heavy (non-hydrogen) atoms. The van der Waals surface area contributed by atoms with E-state index in [1.165, 1.54) is 0 Å². The van der Waals surface area contributed by atoms with E-state index in [0.717, 1.165) is 11.3 Å². The molecule has 2 aromatic carbocycles. The third-order valence-corrected chi connectivity index (χ3v) is 5.76. The molecule has 0 spiro atoms. The van der Waals surface area contributed by atoms with Crippen molar-refractivity contribution < 1.29 is 22.9 Å². The van der Waals surface area contributed by atoms with Gasteiger partial charge in [-0.1, -0.05) is 12.1 Å². The van der Waals surface area contributed by atoms with Crippen molar-refractivity contribution in [1.82, 2.24) is 5.32 Å². The summed E-state index contributed by atoms with van der Waals surface area (Å²) in [5.74, 6) is 2.16. The monoisotopic (exact) mass is 427 g/mol. The largest absolute Gasteiger partial charge is 0.497 e. The summed E-state index contributed by atoms with van der Waals surface area (Å²) in [4.78, 5) is 13.0. The summed E-state index contributed by atoms with van der Waals surface area (Å²) in [6.45, 7) is 3.06. The van der Waals surface area contributed by atoms with Crippen LogP contribution in [0.15, 0.2) is 70.0 Å². The van der Waals surface area contributed by atoms with Gasteiger partial charge in [-0.05, 0) is 67.4 Å². The molecule has 0 saturated carbocycles. The second-order valence-electron chi connectivity index (χ2n) is 6.51. The molecule has 0 radical (unpaired) electrons. The van der Waals surface area contributed by atoms with Gasteiger partial charge in [-0.2, -0.15) is 0 Å². The maximum absolute atomic E-state index is 12.5. The topological polar surface area (TPSA) is 77.8 Å². The van der Waals surface area contributed by atoms with Crippen LogP contribution in [-0.4, -0.2) is 30.4 Å². The normalized spacial score (nSPS) is 11.7. The van der Waals surface area contributed by atoms with Crippen LogP contribution in [0.2, 0.25) is 0 Å². The van der Waals surface area contributed by atoms with E-state index in [4.69, 9.17) is 13.9 Å². The van der Waals surface area contributed by atoms with E-state index in [-0.39, 0.29) is 17.4 Å². The standard InChI is InChI=1S/C23H25NO5S/c1-3-28-19-6-4-17(5-7-19)14-15-24-23(25)22-13-10-20(29-22)16-30(26)21-11-8-18(27-2)9-12-21/h4-13H,3,14-16H2,1-2H3,(H,24,25)/t30-/m1/s1. The van der Waals surface area contributed by atoms with Gasteiger partial charge in [-0.25, -0.2) is 0 Å². The van der Waals surface area contributed by atoms with Crippen LogP contribution in [0.1, 0.15) is 28.8 Å². The van der Waals surface area contributed by atoms with E-state index < -0.39 is 10.8 Å². The Kier molecular flexibility index (Phi) is 7.68. The molecule has 0 aliphatic heterocycles. The molecule has 0 unspecified atom stereocenters. The van der Waals surface area contributed by atoms with Gasteiger partial charge in [0.1, 0.15) is 17.3 Å². The number of furan rings is 1. The quantitative estimate of drug-likeness (QED) is 0.530. The summed E-state index contributed by atoms with van der Waals surface area (Å²) < 4.78 is 28.6. The van der Waals surface area contributed by atoms with Gasteiger partial charge in [-0.15, -0.1) is 0 Å². The van der Waals surface area contributed by atoms with Crippen molar-refractivity contribution in [2.24, 2.45) is 0 Å². The molecular weight excluding hydrogens is 402 g/mol. The van der Waals surface area contributed by atoms with E-state index in [1.54, 1.807) is 43.5 Å². The van der Waals surface area contributed by atoms with Crippen LogP contribution < -0.4 is 14.8 Å². The molecule has 0 fully saturated rings. The molecule has 0 saturated heterocycles. The smallest absolute Gasteiger partial charge is 0.287 e. The Balaban J connectivity index is 1.48. The van der Waals surface area contributed by atoms with Gasteiger partial charge in [0.15, 0.2) is 5.76 Å². The zero-order chi connectivity index (χ0) is 21.3. The van der Waals surface area contributed by atoms with Crippen LogP contribution in [-0.2, 0) is 23.0 Å². The zero-order valence-corrected chi connectivity index (χ0v) is 17.9. The second kappa shape index (κ2) is 10.6. The van der Waals surface area contributed by atoms with Gasteiger partial charge in [-0.3, -0.25) is 9.00 Å². The predicted octanol–water partition coefficient (Wildman–Crippen LogP) is 3.97. The van der Waals surface area contributed by atoms with Crippen LogP contribution in [0, 0.1) is 0 Å². The fourth-order valence-corrected chi connectivity index (χ4v) is 3.86. The maximum Gasteiger partial charge on any atom is 0.287 e. The van der Waals surface area contributed by atoms with Crippen LogP contribution in [0.5, 0.6) is 11.5 Å². The highest BCUT2D eigenvalue weighted by Gasteiger charge is 2.13. The van der Waals surface area contributed by atoms with Crippen molar-refractivity contribution in [3.63, 3.8) is 0 Å². The summed E-state index contributed by atoms with van der Waals surface area (Å²) in [5, 5.41) is 2.84. The van der Waals surface area contributed by atoms with Crippen molar-refractivity contribution in [2.75, 3.05) is 20.3 Å². The molecule has 3 rings (SSSR count). The lowest BCUT2D eigenvalue weighted by Gasteiger charge is -2.06. The summed E-state index contributed by atoms with van der Waals surface area (Å²) in [6.07, 6.45) is 0.702. The summed E-state index contributed by atoms with van der Waals surface area (Å²) in [5.41, 5.74) is 1.11. The van der Waals surface area contributed by atoms with Gasteiger partial charge in [0, 0.05) is 11.4 Å². The summed E-state index contributed by atoms with van der Waals surface area (Å²) in [7, 11) is 0.313. The van der Waals surface area contributed by atoms with Gasteiger partial charge >= 0.3 is 0 Å². The highest BCUT2D eigenvalue weighted by Crippen LogP contribution is 2.18. The van der Waals surface area contributed by atoms with Crippen molar-refractivity contribution in [1.29, 1.82) is 0 Å². The molecule has 1 heterocycles. The number of rotatable bonds is 10. The predicted molar refractivity (Wildman–Crippen MR) is 115 cm³/mol. The number of benzene rings is 2. The number of carbonyl (C=O) groups is 1. The van der Waals surface area contributed by atoms with Gasteiger partial charge in [0.25, 0.3) is 5.91 Å². The van der Waals surface area contributed by atoms with Crippen LogP contribution in [0.4, 0.5) is 0 Å². The number of hydrogen-bond donors (Lipinski definition) is 1. The lowest BCUT2D eigenvalue weighted by Crippen LogP contribution is -2.25. The molecule has 7 heteroatoms. The fraction of sp³-hybridized carbons (Fsp3) is 0.261. The molecule has 3 aromatic rings. The Bertz CT molecular complexity index is 980. The van der Waals surface area contributed by atoms with Crippen molar-refractivity contribution >= 4 is 16.7 Å². The average molecular weight is 428 g/mol. The lowest BCUT2D eigenvalue weighted by atomic mass is 10.1. The minimum atomic E-state index is -1.27. The van der Waals surface area contributed by atoms with Crippen LogP contribution >= 0.6 is 0 Å². The second-order valence-corrected chi connectivity index (χ2v) is 7.97. The van der Waals surface area contributed by atoms with E-state index in [0.29, 0.717) is 36.0 Å². The highest BCUT2D eigenvalue weighted by molar-refractivity contribution is 7.84. The van der Waals surface area contributed by atoms with Gasteiger partial charge in [0.2, 0.25) is 0 Å². The molecule has 0 bridgehead atoms. The average Bonchev–Trinajstić information content (AvgIpc) is 3.24. The number of nitrogens with one attached hydrogen (secondary N) is 1. The lowest BCUT2D eigenvalue weighted by molar-refractivity contribution is 0.0925. The molecule has 1 atom stereocenters. The molecular formula is C23H25NO5S. The summed E-state index contributed by atoms with van der Waals surface area (Å²) in [6, 6.07) is 18.1. The number of amides is 1. The van der Waals surface area contributed by atoms with Crippen molar-refractivity contribution in [2.45, 2.75) is 24.0 Å². The summed E-state index contributed by atoms with van der Waals surface area (Å²) >= 11 is 0. The first-order chi connectivity index (χ1) is 14.6. The molecule has 0 aliphatic rings. The number of hydrogen-bond acceptors (Lipinski definition) is 5. The third-order valence-electron chi connectivity index (χ3n) is 4.41. The molecule has 1 amide bonds. The third kappa shape index (κ3) is 5.97. The Morgan fingerprint density at radius 3 is 2.37 bits per heavy atom. The molecule has 0 aliphatic carbocycles. The number of methoxy groups -OCH3 is 1. The fourth-order valence-electron chi connectivity index (χ4n) is 2.84. The molecule has 1 aromatic heterocycles. The first-order valence-electron chi connectivity index (χ1n) is 9.70. The highest BCUT2D eigenvalue weighted by atomic mass is 32.2. The first kappa shape index (κ1) is 21.6. The van der Waals surface area contributed by atoms with E-state index in [1.807, 2.05) is 31.2 Å². The molecule has 6 nitrogen and oxygen atoms in total. The maximum atomic E-state index is 12.5. The Morgan fingerprint density at radius 2 is 1.70 bits per heavy atom. The van der Waals surface area contributed by atoms with Gasteiger partial charge < -0.3 is 19.2 Å². The molecule has 1 N–H and O–H groups in total. The number of carbonyl (C=O) groups excluding carboxylic acids is 1. The van der Waals surface area contributed by atoms with E-state index in [9.17, 15) is 9.00 Å². The zero-order valence-electron chi connectivity index (χ0n) is 17.1. The number of ether oxygens (including phenoxy) is 2. The van der Waals surface area contributed by atoms with Crippen molar-refractivity contribution in [3.8, 4) is 11.5 Å². The Morgan fingerprint density at radius 1 is 1.00 bits per heavy atom. The van der Waals surface area contributed by atoms with Crippen LogP contribution in [0.25, 0.3) is 0 Å². The van der Waals surface area contributed by atoms with E-state index in [2.05, 4.69) is 5.32 Å². The van der Waals surface area contributed by atoms with Crippen molar-refractivity contribution in [3.05, 3.63) is 77.7 Å². The first-order valence-corrected chi connectivity index (χ1v) is 11.0. The van der Waals surface area contributed by atoms with Gasteiger partial charge in [0.05, 0.1) is 30.3 Å². The minimum Gasteiger partial charge on any atom is -0.497 e. The van der Waals surface area contributed by atoms with Crippen LogP contribution in [0.3, 0.4) is 0 Å². The molecule has 158 valence electrons. The SMILES string of the molecule is CCOc1ccc(CCNC(=O)c2ccc(C[S@@](=O)c3ccc(OC)cc3)o2)cc1. The Labute approximate surface area is 178 Å². The van der Waals surface area contributed by atoms with E-state index >= 15 is 0 Å². The Hall–Kier alpha value is -3.06.